The Balaban J connectivity index is 1.83. The van der Waals surface area contributed by atoms with Crippen molar-refractivity contribution in [1.82, 2.24) is 4.90 Å². The Kier molecular flexibility index (Phi) is 2.66. The summed E-state index contributed by atoms with van der Waals surface area (Å²) in [5.41, 5.74) is 0.619. The maximum absolute atomic E-state index is 4.48. The minimum Gasteiger partial charge on any atom is -0.303 e. The van der Waals surface area contributed by atoms with Gasteiger partial charge < -0.3 is 4.90 Å². The molecule has 0 bridgehead atoms. The minimum absolute atomic E-state index is 0.619. The molecule has 0 N–H and O–H groups in total. The third-order valence-corrected chi connectivity index (χ3v) is 4.18. The highest BCUT2D eigenvalue weighted by Crippen LogP contribution is 2.42. The molecular weight excluding hydrogens is 166 g/mol. The second-order valence-electron chi connectivity index (χ2n) is 4.49. The highest BCUT2D eigenvalue weighted by molar-refractivity contribution is 7.80. The van der Waals surface area contributed by atoms with Crippen LogP contribution in [0, 0.1) is 5.41 Å². The molecule has 2 fully saturated rings. The van der Waals surface area contributed by atoms with Crippen molar-refractivity contribution in [1.29, 1.82) is 0 Å². The smallest absolute Gasteiger partial charge is 0.00458 e. The summed E-state index contributed by atoms with van der Waals surface area (Å²) >= 11 is 4.48. The van der Waals surface area contributed by atoms with Crippen molar-refractivity contribution in [3.63, 3.8) is 0 Å². The van der Waals surface area contributed by atoms with E-state index in [-0.39, 0.29) is 0 Å². The van der Waals surface area contributed by atoms with E-state index in [9.17, 15) is 0 Å². The van der Waals surface area contributed by atoms with Crippen molar-refractivity contribution >= 4 is 12.6 Å². The summed E-state index contributed by atoms with van der Waals surface area (Å²) in [4.78, 5) is 2.63. The Hall–Kier alpha value is 0.310. The Morgan fingerprint density at radius 3 is 2.17 bits per heavy atom. The number of likely N-dealkylation sites (tertiary alicyclic amines) is 1. The van der Waals surface area contributed by atoms with E-state index in [0.717, 1.165) is 5.75 Å². The zero-order valence-corrected chi connectivity index (χ0v) is 8.65. The SMILES string of the molecule is SCC1(CN2CCCC2)CCC1. The lowest BCUT2D eigenvalue weighted by Gasteiger charge is -2.43. The molecule has 0 aromatic heterocycles. The standard InChI is InChI=1S/C10H19NS/c12-9-10(4-3-5-10)8-11-6-1-2-7-11/h12H,1-9H2. The average molecular weight is 185 g/mol. The van der Waals surface area contributed by atoms with Gasteiger partial charge in [-0.1, -0.05) is 6.42 Å². The van der Waals surface area contributed by atoms with Crippen molar-refractivity contribution in [3.05, 3.63) is 0 Å². The maximum Gasteiger partial charge on any atom is 0.00458 e. The van der Waals surface area contributed by atoms with Gasteiger partial charge in [-0.05, 0) is 49.9 Å². The summed E-state index contributed by atoms with van der Waals surface area (Å²) in [7, 11) is 0. The molecule has 0 radical (unpaired) electrons. The molecule has 0 aromatic rings. The molecule has 2 aliphatic rings. The molecule has 2 rings (SSSR count). The molecule has 1 saturated heterocycles. The van der Waals surface area contributed by atoms with Gasteiger partial charge in [-0.25, -0.2) is 0 Å². The molecule has 1 saturated carbocycles. The van der Waals surface area contributed by atoms with E-state index in [1.54, 1.807) is 0 Å². The van der Waals surface area contributed by atoms with Crippen LogP contribution in [0.3, 0.4) is 0 Å². The van der Waals surface area contributed by atoms with Gasteiger partial charge in [-0.2, -0.15) is 12.6 Å². The van der Waals surface area contributed by atoms with Crippen LogP contribution >= 0.6 is 12.6 Å². The van der Waals surface area contributed by atoms with Gasteiger partial charge in [0, 0.05) is 6.54 Å². The third-order valence-electron chi connectivity index (χ3n) is 3.51. The minimum atomic E-state index is 0.619. The number of nitrogens with zero attached hydrogens (tertiary/aromatic N) is 1. The molecule has 1 heterocycles. The van der Waals surface area contributed by atoms with Crippen molar-refractivity contribution in [2.24, 2.45) is 5.41 Å². The topological polar surface area (TPSA) is 3.24 Å². The van der Waals surface area contributed by atoms with Gasteiger partial charge in [0.05, 0.1) is 0 Å². The molecule has 0 amide bonds. The lowest BCUT2D eigenvalue weighted by Crippen LogP contribution is -2.42. The molecule has 0 spiro atoms. The quantitative estimate of drug-likeness (QED) is 0.660. The van der Waals surface area contributed by atoms with E-state index in [4.69, 9.17) is 0 Å². The number of hydrogen-bond donors (Lipinski definition) is 1. The Labute approximate surface area is 80.9 Å². The van der Waals surface area contributed by atoms with Gasteiger partial charge in [0.25, 0.3) is 0 Å². The first kappa shape index (κ1) is 8.89. The maximum atomic E-state index is 4.48. The highest BCUT2D eigenvalue weighted by Gasteiger charge is 2.37. The van der Waals surface area contributed by atoms with Crippen LogP contribution in [0.5, 0.6) is 0 Å². The van der Waals surface area contributed by atoms with E-state index >= 15 is 0 Å². The second-order valence-corrected chi connectivity index (χ2v) is 4.81. The van der Waals surface area contributed by atoms with Gasteiger partial charge in [0.1, 0.15) is 0 Å². The van der Waals surface area contributed by atoms with Crippen LogP contribution in [-0.2, 0) is 0 Å². The third kappa shape index (κ3) is 1.64. The highest BCUT2D eigenvalue weighted by atomic mass is 32.1. The van der Waals surface area contributed by atoms with Crippen LogP contribution in [0.1, 0.15) is 32.1 Å². The number of hydrogen-bond acceptors (Lipinski definition) is 2. The lowest BCUT2D eigenvalue weighted by molar-refractivity contribution is 0.104. The van der Waals surface area contributed by atoms with Crippen LogP contribution in [-0.4, -0.2) is 30.3 Å². The van der Waals surface area contributed by atoms with Crippen molar-refractivity contribution in [2.75, 3.05) is 25.4 Å². The van der Waals surface area contributed by atoms with Crippen LogP contribution in [0.25, 0.3) is 0 Å². The van der Waals surface area contributed by atoms with Crippen molar-refractivity contribution in [3.8, 4) is 0 Å². The predicted octanol–water partition coefficient (Wildman–Crippen LogP) is 2.18. The molecule has 0 atom stereocenters. The Morgan fingerprint density at radius 2 is 1.75 bits per heavy atom. The first-order valence-corrected chi connectivity index (χ1v) is 5.81. The number of rotatable bonds is 3. The molecule has 70 valence electrons. The molecule has 1 nitrogen and oxygen atoms in total. The van der Waals surface area contributed by atoms with Crippen molar-refractivity contribution < 1.29 is 0 Å². The number of thiol groups is 1. The van der Waals surface area contributed by atoms with Crippen LogP contribution < -0.4 is 0 Å². The van der Waals surface area contributed by atoms with Crippen LogP contribution in [0.15, 0.2) is 0 Å². The van der Waals surface area contributed by atoms with Gasteiger partial charge >= 0.3 is 0 Å². The first-order chi connectivity index (χ1) is 5.85. The normalized spacial score (nSPS) is 28.8. The largest absolute Gasteiger partial charge is 0.303 e. The molecule has 0 aromatic carbocycles. The zero-order valence-electron chi connectivity index (χ0n) is 7.76. The van der Waals surface area contributed by atoms with Gasteiger partial charge in [-0.3, -0.25) is 0 Å². The summed E-state index contributed by atoms with van der Waals surface area (Å²) in [6.45, 7) is 4.02. The predicted molar refractivity (Wildman–Crippen MR) is 55.8 cm³/mol. The lowest BCUT2D eigenvalue weighted by atomic mass is 9.70. The second kappa shape index (κ2) is 3.59. The van der Waals surface area contributed by atoms with Gasteiger partial charge in [0.2, 0.25) is 0 Å². The first-order valence-electron chi connectivity index (χ1n) is 5.18. The molecule has 1 aliphatic heterocycles. The van der Waals surface area contributed by atoms with E-state index in [1.807, 2.05) is 0 Å². The molecule has 0 unspecified atom stereocenters. The summed E-state index contributed by atoms with van der Waals surface area (Å²) < 4.78 is 0. The summed E-state index contributed by atoms with van der Waals surface area (Å²) in [5, 5.41) is 0. The van der Waals surface area contributed by atoms with E-state index < -0.39 is 0 Å². The van der Waals surface area contributed by atoms with Gasteiger partial charge in [0.15, 0.2) is 0 Å². The van der Waals surface area contributed by atoms with Crippen LogP contribution in [0.4, 0.5) is 0 Å². The summed E-state index contributed by atoms with van der Waals surface area (Å²) in [6.07, 6.45) is 7.12. The fourth-order valence-corrected chi connectivity index (χ4v) is 2.87. The zero-order chi connectivity index (χ0) is 8.44. The van der Waals surface area contributed by atoms with Gasteiger partial charge in [-0.15, -0.1) is 0 Å². The van der Waals surface area contributed by atoms with Crippen LogP contribution in [0.2, 0.25) is 0 Å². The summed E-state index contributed by atoms with van der Waals surface area (Å²) in [5.74, 6) is 1.10. The monoisotopic (exact) mass is 185 g/mol. The average Bonchev–Trinajstić information content (AvgIpc) is 2.49. The van der Waals surface area contributed by atoms with Crippen molar-refractivity contribution in [2.45, 2.75) is 32.1 Å². The van der Waals surface area contributed by atoms with E-state index in [1.165, 1.54) is 51.7 Å². The molecular formula is C10H19NS. The van der Waals surface area contributed by atoms with E-state index in [2.05, 4.69) is 17.5 Å². The molecule has 2 heteroatoms. The Bertz CT molecular complexity index is 142. The van der Waals surface area contributed by atoms with E-state index in [0.29, 0.717) is 5.41 Å². The molecule has 12 heavy (non-hydrogen) atoms. The summed E-state index contributed by atoms with van der Waals surface area (Å²) in [6, 6.07) is 0. The fourth-order valence-electron chi connectivity index (χ4n) is 2.46. The molecule has 1 aliphatic carbocycles. The fraction of sp³-hybridized carbons (Fsp3) is 1.00. The Morgan fingerprint density at radius 1 is 1.08 bits per heavy atom.